The molecule has 0 aliphatic carbocycles. The zero-order valence-electron chi connectivity index (χ0n) is 14.5. The van der Waals surface area contributed by atoms with Crippen molar-refractivity contribution in [1.29, 1.82) is 0 Å². The van der Waals surface area contributed by atoms with Gasteiger partial charge < -0.3 is 10.2 Å². The van der Waals surface area contributed by atoms with E-state index in [1.54, 1.807) is 17.5 Å². The molecule has 3 rings (SSSR count). The number of Topliss-reactive ketones (excluding diaryl/α,β-unsaturated/α-hetero) is 1. The molecule has 1 saturated heterocycles. The summed E-state index contributed by atoms with van der Waals surface area (Å²) in [6, 6.07) is 6.84. The molecule has 0 saturated carbocycles. The van der Waals surface area contributed by atoms with Gasteiger partial charge in [0.1, 0.15) is 0 Å². The van der Waals surface area contributed by atoms with E-state index in [1.165, 1.54) is 17.4 Å². The molecular formula is C19H19F3N2O2S. The molecule has 4 nitrogen and oxygen atoms in total. The third-order valence-corrected chi connectivity index (χ3v) is 5.33. The Bertz CT molecular complexity index is 813. The number of halogens is 3. The van der Waals surface area contributed by atoms with Crippen molar-refractivity contribution >= 4 is 34.4 Å². The lowest BCUT2D eigenvalue weighted by atomic mass is 10.1. The minimum Gasteiger partial charge on any atom is -0.370 e. The molecule has 0 spiro atoms. The predicted molar refractivity (Wildman–Crippen MR) is 99.4 cm³/mol. The average molecular weight is 396 g/mol. The van der Waals surface area contributed by atoms with E-state index in [0.717, 1.165) is 38.1 Å². The van der Waals surface area contributed by atoms with Crippen LogP contribution in [-0.4, -0.2) is 24.8 Å². The van der Waals surface area contributed by atoms with Crippen LogP contribution in [0.25, 0.3) is 0 Å². The maximum atomic E-state index is 13.1. The van der Waals surface area contributed by atoms with Gasteiger partial charge in [0, 0.05) is 25.9 Å². The van der Waals surface area contributed by atoms with Gasteiger partial charge in [0.2, 0.25) is 5.91 Å². The van der Waals surface area contributed by atoms with E-state index >= 15 is 0 Å². The molecule has 1 amide bonds. The second-order valence-electron chi connectivity index (χ2n) is 6.37. The third-order valence-electron chi connectivity index (χ3n) is 4.42. The molecule has 8 heteroatoms. The smallest absolute Gasteiger partial charge is 0.370 e. The lowest BCUT2D eigenvalue weighted by Gasteiger charge is -2.23. The van der Waals surface area contributed by atoms with Gasteiger partial charge in [0.05, 0.1) is 21.8 Å². The summed E-state index contributed by atoms with van der Waals surface area (Å²) in [5.74, 6) is -0.622. The molecule has 1 aliphatic rings. The van der Waals surface area contributed by atoms with E-state index in [0.29, 0.717) is 10.6 Å². The molecule has 1 aromatic heterocycles. The Morgan fingerprint density at radius 1 is 1.11 bits per heavy atom. The topological polar surface area (TPSA) is 49.4 Å². The van der Waals surface area contributed by atoms with E-state index < -0.39 is 17.6 Å². The number of ketones is 1. The molecule has 0 bridgehead atoms. The number of benzene rings is 1. The van der Waals surface area contributed by atoms with Gasteiger partial charge >= 0.3 is 6.18 Å². The quantitative estimate of drug-likeness (QED) is 0.702. The maximum absolute atomic E-state index is 13.1. The van der Waals surface area contributed by atoms with Crippen molar-refractivity contribution in [1.82, 2.24) is 0 Å². The van der Waals surface area contributed by atoms with E-state index in [-0.39, 0.29) is 24.3 Å². The fraction of sp³-hybridized carbons (Fsp3) is 0.368. The summed E-state index contributed by atoms with van der Waals surface area (Å²) >= 11 is 1.30. The van der Waals surface area contributed by atoms with Crippen LogP contribution in [0.4, 0.5) is 24.5 Å². The average Bonchev–Trinajstić information content (AvgIpc) is 3.32. The van der Waals surface area contributed by atoms with Crippen LogP contribution in [0.1, 0.15) is 40.9 Å². The van der Waals surface area contributed by atoms with Crippen molar-refractivity contribution in [2.75, 3.05) is 23.3 Å². The van der Waals surface area contributed by atoms with Gasteiger partial charge in [0.15, 0.2) is 5.78 Å². The summed E-state index contributed by atoms with van der Waals surface area (Å²) in [6.45, 7) is 1.48. The first-order chi connectivity index (χ1) is 12.8. The summed E-state index contributed by atoms with van der Waals surface area (Å²) < 4.78 is 39.2. The maximum Gasteiger partial charge on any atom is 0.416 e. The lowest BCUT2D eigenvalue weighted by Crippen LogP contribution is -2.22. The van der Waals surface area contributed by atoms with Crippen LogP contribution in [0.2, 0.25) is 0 Å². The molecule has 1 aliphatic heterocycles. The second kappa shape index (κ2) is 8.12. The summed E-state index contributed by atoms with van der Waals surface area (Å²) in [4.78, 5) is 26.8. The normalized spacial score (nSPS) is 14.4. The van der Waals surface area contributed by atoms with E-state index in [2.05, 4.69) is 5.32 Å². The monoisotopic (exact) mass is 396 g/mol. The van der Waals surface area contributed by atoms with Gasteiger partial charge in [-0.15, -0.1) is 11.3 Å². The summed E-state index contributed by atoms with van der Waals surface area (Å²) in [7, 11) is 0. The number of hydrogen-bond acceptors (Lipinski definition) is 4. The van der Waals surface area contributed by atoms with Crippen LogP contribution in [-0.2, 0) is 11.0 Å². The number of rotatable bonds is 6. The summed E-state index contributed by atoms with van der Waals surface area (Å²) in [5.41, 5.74) is -0.0888. The number of amides is 1. The largest absolute Gasteiger partial charge is 0.416 e. The summed E-state index contributed by atoms with van der Waals surface area (Å²) in [6.07, 6.45) is -2.62. The Kier molecular flexibility index (Phi) is 5.84. The van der Waals surface area contributed by atoms with Crippen LogP contribution in [0, 0.1) is 0 Å². The minimum absolute atomic E-state index is 0.0182. The number of hydrogen-bond donors (Lipinski definition) is 1. The van der Waals surface area contributed by atoms with Crippen LogP contribution < -0.4 is 10.2 Å². The van der Waals surface area contributed by atoms with Gasteiger partial charge in [-0.05, 0) is 42.5 Å². The fourth-order valence-corrected chi connectivity index (χ4v) is 3.74. The van der Waals surface area contributed by atoms with Crippen molar-refractivity contribution < 1.29 is 22.8 Å². The Morgan fingerprint density at radius 2 is 1.85 bits per heavy atom. The van der Waals surface area contributed by atoms with E-state index in [4.69, 9.17) is 0 Å². The number of thiophene rings is 1. The van der Waals surface area contributed by atoms with Crippen molar-refractivity contribution in [3.63, 3.8) is 0 Å². The molecule has 1 fully saturated rings. The van der Waals surface area contributed by atoms with Gasteiger partial charge in [-0.2, -0.15) is 13.2 Å². The van der Waals surface area contributed by atoms with Gasteiger partial charge in [-0.1, -0.05) is 6.07 Å². The molecule has 27 heavy (non-hydrogen) atoms. The number of anilines is 2. The van der Waals surface area contributed by atoms with Crippen molar-refractivity contribution in [3.8, 4) is 0 Å². The molecule has 144 valence electrons. The number of nitrogens with one attached hydrogen (secondary N) is 1. The van der Waals surface area contributed by atoms with E-state index in [1.807, 2.05) is 4.90 Å². The van der Waals surface area contributed by atoms with Crippen molar-refractivity contribution in [3.05, 3.63) is 46.2 Å². The molecule has 0 atom stereocenters. The number of carbonyl (C=O) groups excluding carboxylic acids is 2. The zero-order chi connectivity index (χ0) is 19.4. The molecule has 2 aromatic rings. The SMILES string of the molecule is O=C(CCC(=O)c1cccs1)Nc1cc(C(F)(F)F)ccc1N1CCCC1. The molecule has 1 aromatic carbocycles. The Morgan fingerprint density at radius 3 is 2.48 bits per heavy atom. The molecule has 0 unspecified atom stereocenters. The molecule has 1 N–H and O–H groups in total. The van der Waals surface area contributed by atoms with Crippen LogP contribution in [0.3, 0.4) is 0 Å². The molecular weight excluding hydrogens is 377 g/mol. The minimum atomic E-state index is -4.49. The molecule has 0 radical (unpaired) electrons. The number of alkyl halides is 3. The van der Waals surface area contributed by atoms with Gasteiger partial charge in [0.25, 0.3) is 0 Å². The highest BCUT2D eigenvalue weighted by Crippen LogP contribution is 2.36. The van der Waals surface area contributed by atoms with Gasteiger partial charge in [-0.25, -0.2) is 0 Å². The number of carbonyl (C=O) groups is 2. The van der Waals surface area contributed by atoms with Crippen LogP contribution in [0.5, 0.6) is 0 Å². The zero-order valence-corrected chi connectivity index (χ0v) is 15.3. The standard InChI is InChI=1S/C19H19F3N2O2S/c20-19(21,22)13-5-6-15(24-9-1-2-10-24)14(12-13)23-18(26)8-7-16(25)17-4-3-11-27-17/h3-6,11-12H,1-2,7-10H2,(H,23,26). The Hall–Kier alpha value is -2.35. The van der Waals surface area contributed by atoms with E-state index in [9.17, 15) is 22.8 Å². The first-order valence-corrected chi connectivity index (χ1v) is 9.55. The highest BCUT2D eigenvalue weighted by molar-refractivity contribution is 7.12. The van der Waals surface area contributed by atoms with Crippen LogP contribution in [0.15, 0.2) is 35.7 Å². The lowest BCUT2D eigenvalue weighted by molar-refractivity contribution is -0.137. The van der Waals surface area contributed by atoms with Crippen LogP contribution >= 0.6 is 11.3 Å². The molecule has 2 heterocycles. The summed E-state index contributed by atoms with van der Waals surface area (Å²) in [5, 5.41) is 4.35. The number of nitrogens with zero attached hydrogens (tertiary/aromatic N) is 1. The van der Waals surface area contributed by atoms with Crippen molar-refractivity contribution in [2.45, 2.75) is 31.9 Å². The Balaban J connectivity index is 1.72. The first kappa shape index (κ1) is 19.4. The Labute approximate surface area is 159 Å². The van der Waals surface area contributed by atoms with Crippen molar-refractivity contribution in [2.24, 2.45) is 0 Å². The first-order valence-electron chi connectivity index (χ1n) is 8.67. The highest BCUT2D eigenvalue weighted by Gasteiger charge is 2.32. The highest BCUT2D eigenvalue weighted by atomic mass is 32.1. The third kappa shape index (κ3) is 4.88. The second-order valence-corrected chi connectivity index (χ2v) is 7.32. The van der Waals surface area contributed by atoms with Gasteiger partial charge in [-0.3, -0.25) is 9.59 Å². The fourth-order valence-electron chi connectivity index (χ4n) is 3.05. The predicted octanol–water partition coefficient (Wildman–Crippen LogP) is 4.97.